The summed E-state index contributed by atoms with van der Waals surface area (Å²) in [6.07, 6.45) is -0.749. The van der Waals surface area contributed by atoms with Crippen LogP contribution in [0, 0.1) is 0 Å². The minimum atomic E-state index is -0.749. The van der Waals surface area contributed by atoms with Crippen molar-refractivity contribution in [1.82, 2.24) is 9.80 Å². The Hall–Kier alpha value is -3.06. The number of carbonyl (C=O) groups is 2. The van der Waals surface area contributed by atoms with Gasteiger partial charge in [0.2, 0.25) is 6.10 Å². The van der Waals surface area contributed by atoms with Crippen LogP contribution in [0.4, 0.5) is 0 Å². The third kappa shape index (κ3) is 4.05. The van der Waals surface area contributed by atoms with E-state index in [-0.39, 0.29) is 11.8 Å². The number of amidine groups is 1. The van der Waals surface area contributed by atoms with Crippen LogP contribution >= 0.6 is 11.6 Å². The predicted molar refractivity (Wildman–Crippen MR) is 108 cm³/mol. The molecule has 7 nitrogen and oxygen atoms in total. The largest absolute Gasteiger partial charge is 0.497 e. The molecule has 2 aliphatic rings. The van der Waals surface area contributed by atoms with Crippen LogP contribution < -0.4 is 4.74 Å². The lowest BCUT2D eigenvalue weighted by molar-refractivity contribution is -0.123. The summed E-state index contributed by atoms with van der Waals surface area (Å²) in [7, 11) is 1.59. The molecule has 8 heteroatoms. The van der Waals surface area contributed by atoms with E-state index in [0.29, 0.717) is 54.1 Å². The lowest BCUT2D eigenvalue weighted by atomic mass is 10.1. The zero-order valence-electron chi connectivity index (χ0n) is 15.9. The topological polar surface area (TPSA) is 71.4 Å². The molecule has 2 aliphatic heterocycles. The highest BCUT2D eigenvalue weighted by atomic mass is 35.5. The fraction of sp³-hybridized carbons (Fsp3) is 0.286. The Morgan fingerprint density at radius 1 is 1.07 bits per heavy atom. The van der Waals surface area contributed by atoms with Crippen LogP contribution in [0.1, 0.15) is 22.0 Å². The Labute approximate surface area is 173 Å². The summed E-state index contributed by atoms with van der Waals surface area (Å²) in [5.74, 6) is 0.346. The maximum atomic E-state index is 12.7. The first-order chi connectivity index (χ1) is 14.0. The number of carbonyl (C=O) groups excluding carboxylic acids is 2. The van der Waals surface area contributed by atoms with E-state index in [1.807, 2.05) is 4.90 Å². The number of hydrogen-bond acceptors (Lipinski definition) is 5. The van der Waals surface area contributed by atoms with Crippen LogP contribution in [0.2, 0.25) is 5.02 Å². The monoisotopic (exact) mass is 413 g/mol. The summed E-state index contributed by atoms with van der Waals surface area (Å²) in [6, 6.07) is 14.3. The maximum absolute atomic E-state index is 12.7. The molecule has 0 radical (unpaired) electrons. The van der Waals surface area contributed by atoms with Crippen LogP contribution in [0.3, 0.4) is 0 Å². The molecule has 0 N–H and O–H groups in total. The van der Waals surface area contributed by atoms with Crippen molar-refractivity contribution in [3.63, 3.8) is 0 Å². The number of methoxy groups -OCH3 is 1. The Morgan fingerprint density at radius 3 is 2.34 bits per heavy atom. The predicted octanol–water partition coefficient (Wildman–Crippen LogP) is 2.76. The van der Waals surface area contributed by atoms with Crippen LogP contribution in [-0.2, 0) is 9.53 Å². The number of nitrogens with zero attached hydrogens (tertiary/aromatic N) is 3. The molecule has 1 saturated heterocycles. The average Bonchev–Trinajstić information content (AvgIpc) is 3.15. The van der Waals surface area contributed by atoms with Crippen LogP contribution in [0.25, 0.3) is 0 Å². The number of amides is 2. The molecule has 1 fully saturated rings. The lowest BCUT2D eigenvalue weighted by Crippen LogP contribution is -2.50. The van der Waals surface area contributed by atoms with Crippen molar-refractivity contribution in [3.8, 4) is 5.75 Å². The lowest BCUT2D eigenvalue weighted by Gasteiger charge is -2.35. The number of benzene rings is 2. The Morgan fingerprint density at radius 2 is 1.72 bits per heavy atom. The van der Waals surface area contributed by atoms with E-state index < -0.39 is 6.10 Å². The van der Waals surface area contributed by atoms with Gasteiger partial charge in [0.1, 0.15) is 5.75 Å². The summed E-state index contributed by atoms with van der Waals surface area (Å²) in [5.41, 5.74) is 1.33. The molecule has 0 bridgehead atoms. The molecular weight excluding hydrogens is 394 g/mol. The Balaban J connectivity index is 1.36. The van der Waals surface area contributed by atoms with E-state index in [0.717, 1.165) is 0 Å². The van der Waals surface area contributed by atoms with Gasteiger partial charge in [-0.1, -0.05) is 23.7 Å². The zero-order valence-corrected chi connectivity index (χ0v) is 16.6. The van der Waals surface area contributed by atoms with E-state index in [1.165, 1.54) is 0 Å². The molecule has 2 amide bonds. The highest BCUT2D eigenvalue weighted by molar-refractivity contribution is 6.30. The van der Waals surface area contributed by atoms with Crippen molar-refractivity contribution >= 4 is 29.4 Å². The smallest absolute Gasteiger partial charge is 0.296 e. The van der Waals surface area contributed by atoms with Crippen LogP contribution in [-0.4, -0.2) is 60.9 Å². The van der Waals surface area contributed by atoms with Gasteiger partial charge in [0.15, 0.2) is 0 Å². The molecule has 150 valence electrons. The van der Waals surface area contributed by atoms with E-state index in [4.69, 9.17) is 21.1 Å². The standard InChI is InChI=1S/C21H20ClN3O4/c1-28-17-8-4-15(5-9-17)20(27)24-10-12-25(13-11-24)21-23-19(26)18(29-21)14-2-6-16(22)7-3-14/h2-9,18H,10-13H2,1H3. The van der Waals surface area contributed by atoms with Crippen molar-refractivity contribution in [3.05, 3.63) is 64.7 Å². The van der Waals surface area contributed by atoms with Crippen LogP contribution in [0.5, 0.6) is 5.75 Å². The summed E-state index contributed by atoms with van der Waals surface area (Å²) >= 11 is 5.90. The SMILES string of the molecule is COc1ccc(C(=O)N2CCN(C3=NC(=O)C(c4ccc(Cl)cc4)O3)CC2)cc1. The molecule has 0 saturated carbocycles. The molecule has 2 aromatic rings. The fourth-order valence-corrected chi connectivity index (χ4v) is 3.47. The first-order valence-electron chi connectivity index (χ1n) is 9.28. The highest BCUT2D eigenvalue weighted by Gasteiger charge is 2.35. The molecule has 0 spiro atoms. The maximum Gasteiger partial charge on any atom is 0.296 e. The number of piperazine rings is 1. The van der Waals surface area contributed by atoms with Crippen molar-refractivity contribution in [2.24, 2.45) is 4.99 Å². The molecule has 2 aromatic carbocycles. The summed E-state index contributed by atoms with van der Waals surface area (Å²) < 4.78 is 10.9. The summed E-state index contributed by atoms with van der Waals surface area (Å²) in [6.45, 7) is 2.13. The Bertz CT molecular complexity index is 935. The van der Waals surface area contributed by atoms with Crippen molar-refractivity contribution in [1.29, 1.82) is 0 Å². The van der Waals surface area contributed by atoms with E-state index >= 15 is 0 Å². The highest BCUT2D eigenvalue weighted by Crippen LogP contribution is 2.27. The first-order valence-corrected chi connectivity index (χ1v) is 9.66. The number of rotatable bonds is 3. The van der Waals surface area contributed by atoms with Crippen molar-refractivity contribution in [2.45, 2.75) is 6.10 Å². The van der Waals surface area contributed by atoms with Gasteiger partial charge in [-0.15, -0.1) is 0 Å². The minimum Gasteiger partial charge on any atom is -0.497 e. The third-order valence-corrected chi connectivity index (χ3v) is 5.25. The summed E-state index contributed by atoms with van der Waals surface area (Å²) in [5, 5.41) is 0.595. The van der Waals surface area contributed by atoms with Gasteiger partial charge in [-0.05, 0) is 36.4 Å². The Kier molecular flexibility index (Phi) is 5.40. The van der Waals surface area contributed by atoms with Crippen molar-refractivity contribution < 1.29 is 19.1 Å². The number of hydrogen-bond donors (Lipinski definition) is 0. The quantitative estimate of drug-likeness (QED) is 0.773. The molecular formula is C21H20ClN3O4. The second-order valence-corrected chi connectivity index (χ2v) is 7.23. The van der Waals surface area contributed by atoms with Crippen molar-refractivity contribution in [2.75, 3.05) is 33.3 Å². The van der Waals surface area contributed by atoms with Gasteiger partial charge in [0, 0.05) is 42.3 Å². The zero-order chi connectivity index (χ0) is 20.4. The van der Waals surface area contributed by atoms with Gasteiger partial charge in [0.05, 0.1) is 7.11 Å². The van der Waals surface area contributed by atoms with E-state index in [1.54, 1.807) is 60.5 Å². The van der Waals surface area contributed by atoms with Gasteiger partial charge in [-0.25, -0.2) is 0 Å². The van der Waals surface area contributed by atoms with E-state index in [9.17, 15) is 9.59 Å². The van der Waals surface area contributed by atoms with Gasteiger partial charge >= 0.3 is 0 Å². The summed E-state index contributed by atoms with van der Waals surface area (Å²) in [4.78, 5) is 32.7. The third-order valence-electron chi connectivity index (χ3n) is 5.00. The fourth-order valence-electron chi connectivity index (χ4n) is 3.35. The molecule has 29 heavy (non-hydrogen) atoms. The number of ether oxygens (including phenoxy) is 2. The van der Waals surface area contributed by atoms with Gasteiger partial charge in [-0.3, -0.25) is 9.59 Å². The molecule has 1 unspecified atom stereocenters. The molecule has 4 rings (SSSR count). The normalized spacial score (nSPS) is 19.0. The number of halogens is 1. The first kappa shape index (κ1) is 19.3. The number of aliphatic imine (C=N–C) groups is 1. The van der Waals surface area contributed by atoms with Gasteiger partial charge in [-0.2, -0.15) is 4.99 Å². The van der Waals surface area contributed by atoms with E-state index in [2.05, 4.69) is 4.99 Å². The molecule has 1 atom stereocenters. The second kappa shape index (κ2) is 8.13. The molecule has 0 aromatic heterocycles. The minimum absolute atomic E-state index is 0.0308. The molecule has 0 aliphatic carbocycles. The van der Waals surface area contributed by atoms with Gasteiger partial charge in [0.25, 0.3) is 17.8 Å². The average molecular weight is 414 g/mol. The second-order valence-electron chi connectivity index (χ2n) is 6.79. The van der Waals surface area contributed by atoms with Crippen LogP contribution in [0.15, 0.2) is 53.5 Å². The van der Waals surface area contributed by atoms with Gasteiger partial charge < -0.3 is 19.3 Å². The molecule has 2 heterocycles.